The summed E-state index contributed by atoms with van der Waals surface area (Å²) in [5, 5.41) is 15.4. The van der Waals surface area contributed by atoms with Gasteiger partial charge in [0.1, 0.15) is 23.3 Å². The number of nitrogens with one attached hydrogen (secondary N) is 3. The number of carbonyl (C=O) groups excluding carboxylic acids is 3. The fourth-order valence-electron chi connectivity index (χ4n) is 4.83. The molecule has 3 amide bonds. The second kappa shape index (κ2) is 10.7. The lowest BCUT2D eigenvalue weighted by atomic mass is 9.87. The van der Waals surface area contributed by atoms with Crippen LogP contribution >= 0.6 is 0 Å². The van der Waals surface area contributed by atoms with Crippen molar-refractivity contribution in [3.8, 4) is 5.75 Å². The first-order valence-electron chi connectivity index (χ1n) is 11.7. The Labute approximate surface area is 211 Å². The van der Waals surface area contributed by atoms with Crippen molar-refractivity contribution < 1.29 is 33.4 Å². The zero-order valence-electron chi connectivity index (χ0n) is 20.0. The number of carbonyl (C=O) groups is 4. The van der Waals surface area contributed by atoms with Crippen molar-refractivity contribution in [2.45, 2.75) is 31.2 Å². The Kier molecular flexibility index (Phi) is 7.42. The van der Waals surface area contributed by atoms with Crippen molar-refractivity contribution >= 4 is 34.6 Å². The highest BCUT2D eigenvalue weighted by molar-refractivity contribution is 6.06. The van der Waals surface area contributed by atoms with Crippen LogP contribution in [0.15, 0.2) is 42.5 Å². The van der Waals surface area contributed by atoms with Gasteiger partial charge in [0.25, 0.3) is 5.91 Å². The SMILES string of the molecule is COc1cccc2[nH]c(C(N)=O)c([C@H](Cc3cccc(F)c3)C(=O)N[C@@H](C[C@@H]3CCNC3=O)C(=O)O)c12. The van der Waals surface area contributed by atoms with Crippen LogP contribution in [0.4, 0.5) is 4.39 Å². The molecule has 4 rings (SSSR count). The molecule has 0 unspecified atom stereocenters. The van der Waals surface area contributed by atoms with Crippen LogP contribution in [0, 0.1) is 11.7 Å². The van der Waals surface area contributed by atoms with E-state index in [1.165, 1.54) is 25.3 Å². The quantitative estimate of drug-likeness (QED) is 0.279. The number of aliphatic carboxylic acids is 1. The number of hydrogen-bond acceptors (Lipinski definition) is 5. The van der Waals surface area contributed by atoms with Crippen LogP contribution in [-0.2, 0) is 20.8 Å². The van der Waals surface area contributed by atoms with Gasteiger partial charge in [-0.2, -0.15) is 0 Å². The van der Waals surface area contributed by atoms with Crippen molar-refractivity contribution in [1.82, 2.24) is 15.6 Å². The molecule has 10 nitrogen and oxygen atoms in total. The number of ether oxygens (including phenoxy) is 1. The first-order chi connectivity index (χ1) is 17.7. The van der Waals surface area contributed by atoms with Gasteiger partial charge in [-0.1, -0.05) is 18.2 Å². The van der Waals surface area contributed by atoms with Crippen molar-refractivity contribution in [2.75, 3.05) is 13.7 Å². The number of carboxylic acid groups (broad SMARTS) is 1. The summed E-state index contributed by atoms with van der Waals surface area (Å²) in [6.45, 7) is 0.434. The first kappa shape index (κ1) is 25.7. The molecule has 0 radical (unpaired) electrons. The molecule has 6 N–H and O–H groups in total. The maximum atomic E-state index is 14.0. The number of hydrogen-bond donors (Lipinski definition) is 5. The minimum absolute atomic E-state index is 0.0434. The standard InChI is InChI=1S/C26H27FN4O6/c1-37-19-7-3-6-17-21(19)20(22(30-17)23(28)32)16(11-13-4-2-5-15(27)10-13)25(34)31-18(26(35)36)12-14-8-9-29-24(14)33/h2-7,10,14,16,18,30H,8-9,11-12H2,1H3,(H2,28,32)(H,29,33)(H,31,34)(H,35,36)/t14-,16-,18-/m0/s1. The van der Waals surface area contributed by atoms with Gasteiger partial charge in [-0.15, -0.1) is 0 Å². The zero-order valence-corrected chi connectivity index (χ0v) is 20.0. The van der Waals surface area contributed by atoms with Gasteiger partial charge in [-0.3, -0.25) is 14.4 Å². The smallest absolute Gasteiger partial charge is 0.326 e. The average Bonchev–Trinajstić information content (AvgIpc) is 3.45. The van der Waals surface area contributed by atoms with Crippen molar-refractivity contribution in [3.63, 3.8) is 0 Å². The summed E-state index contributed by atoms with van der Waals surface area (Å²) >= 11 is 0. The number of fused-ring (bicyclic) bond motifs is 1. The van der Waals surface area contributed by atoms with E-state index in [-0.39, 0.29) is 30.0 Å². The van der Waals surface area contributed by atoms with Gasteiger partial charge in [0.15, 0.2) is 0 Å². The molecule has 1 fully saturated rings. The molecule has 2 aromatic carbocycles. The third-order valence-electron chi connectivity index (χ3n) is 6.58. The average molecular weight is 511 g/mol. The number of halogens is 1. The van der Waals surface area contributed by atoms with Gasteiger partial charge in [-0.05, 0) is 49.1 Å². The Morgan fingerprint density at radius 2 is 2.00 bits per heavy atom. The normalized spacial score (nSPS) is 16.7. The van der Waals surface area contributed by atoms with Crippen molar-refractivity contribution in [3.05, 3.63) is 65.1 Å². The van der Waals surface area contributed by atoms with E-state index in [0.717, 1.165) is 0 Å². The molecule has 3 atom stereocenters. The molecule has 0 bridgehead atoms. The fraction of sp³-hybridized carbons (Fsp3) is 0.308. The highest BCUT2D eigenvalue weighted by Gasteiger charge is 2.35. The fourth-order valence-corrected chi connectivity index (χ4v) is 4.83. The van der Waals surface area contributed by atoms with Crippen molar-refractivity contribution in [2.24, 2.45) is 11.7 Å². The Balaban J connectivity index is 1.80. The van der Waals surface area contributed by atoms with Gasteiger partial charge >= 0.3 is 5.97 Å². The number of benzene rings is 2. The number of amides is 3. The van der Waals surface area contributed by atoms with Crippen LogP contribution in [0.2, 0.25) is 0 Å². The minimum Gasteiger partial charge on any atom is -0.496 e. The number of methoxy groups -OCH3 is 1. The summed E-state index contributed by atoms with van der Waals surface area (Å²) in [5.74, 6) is -4.97. The highest BCUT2D eigenvalue weighted by atomic mass is 19.1. The second-order valence-electron chi connectivity index (χ2n) is 8.96. The lowest BCUT2D eigenvalue weighted by Crippen LogP contribution is -2.45. The molecular weight excluding hydrogens is 483 g/mol. The Hall–Kier alpha value is -4.41. The van der Waals surface area contributed by atoms with Crippen LogP contribution in [0.25, 0.3) is 10.9 Å². The molecule has 1 aliphatic rings. The number of primary amides is 1. The van der Waals surface area contributed by atoms with Crippen LogP contribution in [0.1, 0.15) is 40.4 Å². The molecule has 37 heavy (non-hydrogen) atoms. The molecule has 3 aromatic rings. The third-order valence-corrected chi connectivity index (χ3v) is 6.58. The predicted octanol–water partition coefficient (Wildman–Crippen LogP) is 1.84. The summed E-state index contributed by atoms with van der Waals surface area (Å²) in [6.07, 6.45) is 0.293. The molecule has 11 heteroatoms. The van der Waals surface area contributed by atoms with Crippen LogP contribution in [0.3, 0.4) is 0 Å². The maximum Gasteiger partial charge on any atom is 0.326 e. The van der Waals surface area contributed by atoms with E-state index in [4.69, 9.17) is 10.5 Å². The molecule has 1 aliphatic heterocycles. The molecular formula is C26H27FN4O6. The lowest BCUT2D eigenvalue weighted by molar-refractivity contribution is -0.142. The first-order valence-corrected chi connectivity index (χ1v) is 11.7. The molecule has 0 spiro atoms. The maximum absolute atomic E-state index is 14.0. The van der Waals surface area contributed by atoms with Gasteiger partial charge in [0, 0.05) is 23.4 Å². The predicted molar refractivity (Wildman–Crippen MR) is 132 cm³/mol. The molecule has 194 valence electrons. The molecule has 2 heterocycles. The Morgan fingerprint density at radius 1 is 1.24 bits per heavy atom. The number of carboxylic acids is 1. The van der Waals surface area contributed by atoms with E-state index in [0.29, 0.717) is 35.2 Å². The Bertz CT molecular complexity index is 1370. The zero-order chi connectivity index (χ0) is 26.7. The minimum atomic E-state index is -1.36. The van der Waals surface area contributed by atoms with Gasteiger partial charge in [-0.25, -0.2) is 9.18 Å². The molecule has 0 aliphatic carbocycles. The van der Waals surface area contributed by atoms with E-state index >= 15 is 0 Å². The molecule has 1 aromatic heterocycles. The second-order valence-corrected chi connectivity index (χ2v) is 8.96. The van der Waals surface area contributed by atoms with Crippen molar-refractivity contribution in [1.29, 1.82) is 0 Å². The number of nitrogens with two attached hydrogens (primary N) is 1. The summed E-state index contributed by atoms with van der Waals surface area (Å²) < 4.78 is 19.5. The third kappa shape index (κ3) is 5.40. The van der Waals surface area contributed by atoms with E-state index in [9.17, 15) is 28.7 Å². The summed E-state index contributed by atoms with van der Waals surface area (Å²) in [5.41, 5.74) is 6.76. The monoisotopic (exact) mass is 510 g/mol. The van der Waals surface area contributed by atoms with Crippen LogP contribution in [0.5, 0.6) is 5.75 Å². The number of aromatic nitrogens is 1. The summed E-state index contributed by atoms with van der Waals surface area (Å²) in [6, 6.07) is 9.30. The van der Waals surface area contributed by atoms with Crippen LogP contribution < -0.4 is 21.1 Å². The number of aromatic amines is 1. The lowest BCUT2D eigenvalue weighted by Gasteiger charge is -2.23. The molecule has 1 saturated heterocycles. The molecule has 0 saturated carbocycles. The number of H-pyrrole nitrogens is 1. The van der Waals surface area contributed by atoms with E-state index in [1.807, 2.05) is 0 Å². The highest BCUT2D eigenvalue weighted by Crippen LogP contribution is 2.37. The van der Waals surface area contributed by atoms with Crippen LogP contribution in [-0.4, -0.2) is 53.5 Å². The van der Waals surface area contributed by atoms with Gasteiger partial charge in [0.2, 0.25) is 11.8 Å². The largest absolute Gasteiger partial charge is 0.496 e. The summed E-state index contributed by atoms with van der Waals surface area (Å²) in [7, 11) is 1.43. The van der Waals surface area contributed by atoms with E-state index < -0.39 is 41.5 Å². The topological polar surface area (TPSA) is 164 Å². The van der Waals surface area contributed by atoms with E-state index in [2.05, 4.69) is 15.6 Å². The van der Waals surface area contributed by atoms with Gasteiger partial charge in [0.05, 0.1) is 18.5 Å². The summed E-state index contributed by atoms with van der Waals surface area (Å²) in [4.78, 5) is 53.2. The van der Waals surface area contributed by atoms with E-state index in [1.54, 1.807) is 24.3 Å². The Morgan fingerprint density at radius 3 is 2.62 bits per heavy atom. The number of rotatable bonds is 10. The van der Waals surface area contributed by atoms with Gasteiger partial charge < -0.3 is 31.2 Å².